The number of hydrogen-bond acceptors (Lipinski definition) is 8. The van der Waals surface area contributed by atoms with E-state index in [-0.39, 0.29) is 52.2 Å². The molecular formula is C34H27F2N3O6S2. The Morgan fingerprint density at radius 2 is 1.62 bits per heavy atom. The molecule has 0 spiro atoms. The Morgan fingerprint density at radius 1 is 0.936 bits per heavy atom. The first kappa shape index (κ1) is 29.9. The Kier molecular flexibility index (Phi) is 7.21. The van der Waals surface area contributed by atoms with Crippen molar-refractivity contribution in [3.05, 3.63) is 98.5 Å². The van der Waals surface area contributed by atoms with Gasteiger partial charge in [-0.2, -0.15) is 0 Å². The lowest BCUT2D eigenvalue weighted by atomic mass is 9.68. The molecule has 3 aromatic carbocycles. The number of thioether (sulfide) groups is 1. The number of halogens is 2. The zero-order valence-corrected chi connectivity index (χ0v) is 26.4. The Labute approximate surface area is 275 Å². The summed E-state index contributed by atoms with van der Waals surface area (Å²) >= 11 is 2.74. The van der Waals surface area contributed by atoms with Crippen molar-refractivity contribution >= 4 is 52.2 Å². The summed E-state index contributed by atoms with van der Waals surface area (Å²) in [5.41, 5.74) is 1.68. The van der Waals surface area contributed by atoms with Gasteiger partial charge in [0.1, 0.15) is 11.6 Å². The van der Waals surface area contributed by atoms with Crippen molar-refractivity contribution in [1.82, 2.24) is 4.98 Å². The standard InChI is InChI=1S/C34H27F2N3O6S2/c1-44-23-12-15(2-11-22(23)45-14-24(40)37-18-7-3-16(35)4-8-18)25-26-20-13-21(29(26)46-31-30(25)47-34(43)38-31)28-27(20)32(41)39(33(28)42)19-9-5-17(36)6-10-19/h2-12,20-21,25-29H,13-14H2,1H3,(H,37,40)(H,38,43)/t20-,21-,25-,26?,27?,28?,29?/m1/s1. The molecule has 2 bridgehead atoms. The number of nitrogens with zero attached hydrogens (tertiary/aromatic N) is 1. The Balaban J connectivity index is 1.09. The maximum absolute atomic E-state index is 13.9. The number of imide groups is 1. The van der Waals surface area contributed by atoms with Crippen molar-refractivity contribution in [2.24, 2.45) is 29.6 Å². The van der Waals surface area contributed by atoms with E-state index >= 15 is 0 Å². The van der Waals surface area contributed by atoms with Crippen molar-refractivity contribution in [2.75, 3.05) is 23.9 Å². The maximum Gasteiger partial charge on any atom is 0.305 e. The van der Waals surface area contributed by atoms with Crippen LogP contribution in [0.2, 0.25) is 0 Å². The Morgan fingerprint density at radius 3 is 2.32 bits per heavy atom. The number of carbonyl (C=O) groups is 3. The van der Waals surface area contributed by atoms with Crippen LogP contribution in [0.1, 0.15) is 22.8 Å². The molecule has 47 heavy (non-hydrogen) atoms. The Bertz CT molecular complexity index is 1980. The third-order valence-corrected chi connectivity index (χ3v) is 12.4. The molecule has 240 valence electrons. The van der Waals surface area contributed by atoms with E-state index in [2.05, 4.69) is 10.3 Å². The van der Waals surface area contributed by atoms with Gasteiger partial charge in [0.25, 0.3) is 5.91 Å². The zero-order chi connectivity index (χ0) is 32.6. The number of fused-ring (bicyclic) bond motifs is 9. The van der Waals surface area contributed by atoms with Crippen molar-refractivity contribution in [2.45, 2.75) is 22.6 Å². The topological polar surface area (TPSA) is 118 Å². The molecule has 2 aliphatic heterocycles. The summed E-state index contributed by atoms with van der Waals surface area (Å²) in [6.07, 6.45) is 0.726. The van der Waals surface area contributed by atoms with E-state index in [1.807, 2.05) is 12.1 Å². The molecule has 1 saturated heterocycles. The highest BCUT2D eigenvalue weighted by Crippen LogP contribution is 2.68. The number of aromatic amines is 1. The molecule has 4 aliphatic rings. The van der Waals surface area contributed by atoms with Crippen LogP contribution >= 0.6 is 23.1 Å². The molecule has 4 unspecified atom stereocenters. The predicted molar refractivity (Wildman–Crippen MR) is 171 cm³/mol. The molecular weight excluding hydrogens is 649 g/mol. The van der Waals surface area contributed by atoms with Crippen LogP contribution in [0, 0.1) is 41.2 Å². The van der Waals surface area contributed by atoms with Gasteiger partial charge in [0, 0.05) is 21.7 Å². The quantitative estimate of drug-likeness (QED) is 0.252. The Hall–Kier alpha value is -4.49. The number of hydrogen-bond donors (Lipinski definition) is 2. The van der Waals surface area contributed by atoms with Gasteiger partial charge in [0.05, 0.1) is 29.7 Å². The molecule has 0 radical (unpaired) electrons. The van der Waals surface area contributed by atoms with Gasteiger partial charge in [-0.25, -0.2) is 8.78 Å². The third kappa shape index (κ3) is 4.86. The van der Waals surface area contributed by atoms with Gasteiger partial charge in [0.15, 0.2) is 18.1 Å². The highest BCUT2D eigenvalue weighted by Gasteiger charge is 2.69. The van der Waals surface area contributed by atoms with Crippen molar-refractivity contribution in [3.8, 4) is 11.5 Å². The van der Waals surface area contributed by atoms with Crippen molar-refractivity contribution < 1.29 is 32.6 Å². The smallest absolute Gasteiger partial charge is 0.305 e. The minimum Gasteiger partial charge on any atom is -0.493 e. The summed E-state index contributed by atoms with van der Waals surface area (Å²) in [4.78, 5) is 57.8. The van der Waals surface area contributed by atoms with E-state index in [1.165, 1.54) is 60.5 Å². The molecule has 3 heterocycles. The van der Waals surface area contributed by atoms with Gasteiger partial charge in [0.2, 0.25) is 11.8 Å². The zero-order valence-electron chi connectivity index (χ0n) is 24.8. The van der Waals surface area contributed by atoms with Gasteiger partial charge >= 0.3 is 4.87 Å². The van der Waals surface area contributed by atoms with E-state index < -0.39 is 29.4 Å². The molecule has 7 atom stereocenters. The van der Waals surface area contributed by atoms with E-state index in [4.69, 9.17) is 9.47 Å². The van der Waals surface area contributed by atoms with E-state index in [9.17, 15) is 28.0 Å². The minimum atomic E-state index is -0.497. The number of rotatable bonds is 7. The molecule has 13 heteroatoms. The molecule has 1 aromatic heterocycles. The first-order valence-corrected chi connectivity index (χ1v) is 16.8. The van der Waals surface area contributed by atoms with Crippen molar-refractivity contribution in [1.29, 1.82) is 0 Å². The van der Waals surface area contributed by atoms with Crippen LogP contribution in [0.15, 0.2) is 76.6 Å². The number of nitrogens with one attached hydrogen (secondary N) is 2. The average molecular weight is 676 g/mol. The highest BCUT2D eigenvalue weighted by molar-refractivity contribution is 8.00. The largest absolute Gasteiger partial charge is 0.493 e. The van der Waals surface area contributed by atoms with E-state index in [0.717, 1.165) is 33.2 Å². The average Bonchev–Trinajstić information content (AvgIpc) is 3.80. The fourth-order valence-electron chi connectivity index (χ4n) is 8.11. The van der Waals surface area contributed by atoms with Crippen LogP contribution in [0.5, 0.6) is 11.5 Å². The number of benzene rings is 3. The molecule has 8 rings (SSSR count). The lowest BCUT2D eigenvalue weighted by Gasteiger charge is -2.43. The number of ether oxygens (including phenoxy) is 2. The monoisotopic (exact) mass is 675 g/mol. The minimum absolute atomic E-state index is 0.00834. The second kappa shape index (κ2) is 11.3. The number of H-pyrrole nitrogens is 1. The normalized spacial score (nSPS) is 27.0. The molecule has 2 aliphatic carbocycles. The number of amides is 3. The molecule has 3 fully saturated rings. The summed E-state index contributed by atoms with van der Waals surface area (Å²) in [7, 11) is 1.50. The van der Waals surface area contributed by atoms with E-state index in [1.54, 1.807) is 17.8 Å². The maximum atomic E-state index is 13.9. The summed E-state index contributed by atoms with van der Waals surface area (Å²) < 4.78 is 38.3. The number of thiazole rings is 1. The number of anilines is 2. The fraction of sp³-hybridized carbons (Fsp3) is 0.294. The van der Waals surface area contributed by atoms with Crippen LogP contribution in [-0.4, -0.2) is 41.7 Å². The summed E-state index contributed by atoms with van der Waals surface area (Å²) in [5, 5.41) is 3.43. The number of carbonyl (C=O) groups excluding carboxylic acids is 3. The van der Waals surface area contributed by atoms with Crippen LogP contribution in [0.4, 0.5) is 20.2 Å². The summed E-state index contributed by atoms with van der Waals surface area (Å²) in [6.45, 7) is -0.311. The van der Waals surface area contributed by atoms with Crippen LogP contribution in [0.3, 0.4) is 0 Å². The van der Waals surface area contributed by atoms with Gasteiger partial charge in [-0.05, 0) is 90.4 Å². The lowest BCUT2D eigenvalue weighted by molar-refractivity contribution is -0.123. The van der Waals surface area contributed by atoms with Crippen LogP contribution in [-0.2, 0) is 14.4 Å². The van der Waals surface area contributed by atoms with Crippen molar-refractivity contribution in [3.63, 3.8) is 0 Å². The lowest BCUT2D eigenvalue weighted by Crippen LogP contribution is -2.42. The fourth-order valence-corrected chi connectivity index (χ4v) is 11.0. The van der Waals surface area contributed by atoms with Gasteiger partial charge < -0.3 is 19.8 Å². The summed E-state index contributed by atoms with van der Waals surface area (Å²) in [6, 6.07) is 16.3. The molecule has 2 saturated carbocycles. The number of methoxy groups -OCH3 is 1. The van der Waals surface area contributed by atoms with Gasteiger partial charge in [-0.15, -0.1) is 11.8 Å². The first-order chi connectivity index (χ1) is 22.7. The molecule has 3 amide bonds. The SMILES string of the molecule is COc1cc([C@H]2c3sc(=O)[nH]c3SC3C2[C@H]2C[C@@H]3C3C(=O)N(c4ccc(F)cc4)C(=O)C32)ccc1OCC(=O)Nc1ccc(F)cc1. The van der Waals surface area contributed by atoms with E-state index in [0.29, 0.717) is 22.9 Å². The second-order valence-corrected chi connectivity index (χ2v) is 14.4. The van der Waals surface area contributed by atoms with Gasteiger partial charge in [-0.1, -0.05) is 17.4 Å². The van der Waals surface area contributed by atoms with Crippen LogP contribution in [0.25, 0.3) is 0 Å². The van der Waals surface area contributed by atoms with Gasteiger partial charge in [-0.3, -0.25) is 24.1 Å². The summed E-state index contributed by atoms with van der Waals surface area (Å²) in [5.74, 6) is -2.46. The first-order valence-electron chi connectivity index (χ1n) is 15.1. The highest BCUT2D eigenvalue weighted by atomic mass is 32.2. The molecule has 4 aromatic rings. The molecule has 2 N–H and O–H groups in total. The number of aromatic nitrogens is 1. The molecule has 9 nitrogen and oxygen atoms in total. The third-order valence-electron chi connectivity index (χ3n) is 9.84. The second-order valence-electron chi connectivity index (χ2n) is 12.2. The van der Waals surface area contributed by atoms with Crippen LogP contribution < -0.4 is 24.6 Å². The predicted octanol–water partition coefficient (Wildman–Crippen LogP) is 5.42.